The van der Waals surface area contributed by atoms with Crippen molar-refractivity contribution in [3.05, 3.63) is 60.1 Å². The molecule has 1 atom stereocenters. The Kier molecular flexibility index (Phi) is 3.86. The maximum absolute atomic E-state index is 12.2. The number of carbonyl (C=O) groups excluding carboxylic acids is 1. The van der Waals surface area contributed by atoms with Crippen molar-refractivity contribution in [2.24, 2.45) is 0 Å². The molecule has 0 N–H and O–H groups in total. The van der Waals surface area contributed by atoms with Gasteiger partial charge in [-0.15, -0.1) is 0 Å². The van der Waals surface area contributed by atoms with Crippen molar-refractivity contribution >= 4 is 5.91 Å². The summed E-state index contributed by atoms with van der Waals surface area (Å²) < 4.78 is 10.5. The summed E-state index contributed by atoms with van der Waals surface area (Å²) in [6, 6.07) is 13.7. The Morgan fingerprint density at radius 3 is 2.83 bits per heavy atom. The van der Waals surface area contributed by atoms with Crippen molar-refractivity contribution in [2.45, 2.75) is 18.8 Å². The van der Waals surface area contributed by atoms with E-state index in [1.54, 1.807) is 18.4 Å². The lowest BCUT2D eigenvalue weighted by atomic mass is 10.1. The minimum absolute atomic E-state index is 0.0271. The molecular formula is C18H17N3O3. The lowest BCUT2D eigenvalue weighted by Gasteiger charge is -2.15. The summed E-state index contributed by atoms with van der Waals surface area (Å²) in [5.74, 6) is 1.57. The van der Waals surface area contributed by atoms with Crippen LogP contribution >= 0.6 is 0 Å². The first-order valence-corrected chi connectivity index (χ1v) is 7.99. The molecule has 122 valence electrons. The average molecular weight is 323 g/mol. The lowest BCUT2D eigenvalue weighted by Crippen LogP contribution is -2.27. The molecule has 0 saturated carbocycles. The fourth-order valence-electron chi connectivity index (χ4n) is 2.97. The number of amides is 1. The molecule has 3 aromatic rings. The van der Waals surface area contributed by atoms with Crippen molar-refractivity contribution in [3.8, 4) is 11.7 Å². The van der Waals surface area contributed by atoms with E-state index in [9.17, 15) is 4.79 Å². The first-order valence-electron chi connectivity index (χ1n) is 7.99. The van der Waals surface area contributed by atoms with Gasteiger partial charge >= 0.3 is 0 Å². The summed E-state index contributed by atoms with van der Waals surface area (Å²) in [5.41, 5.74) is 1.23. The second-order valence-electron chi connectivity index (χ2n) is 5.91. The highest BCUT2D eigenvalue weighted by atomic mass is 16.5. The van der Waals surface area contributed by atoms with Gasteiger partial charge < -0.3 is 13.8 Å². The number of likely N-dealkylation sites (tertiary alicyclic amines) is 1. The Morgan fingerprint density at radius 2 is 2.04 bits per heavy atom. The number of carbonyl (C=O) groups is 1. The zero-order chi connectivity index (χ0) is 16.4. The molecule has 0 aliphatic carbocycles. The highest BCUT2D eigenvalue weighted by molar-refractivity contribution is 5.79. The molecule has 0 bridgehead atoms. The van der Waals surface area contributed by atoms with Gasteiger partial charge in [-0.3, -0.25) is 4.79 Å². The standard InChI is InChI=1S/C18H17N3O3/c22-16-11-14(12-21(16)9-8-13-5-2-1-3-6-13)17-19-18(24-20-17)15-7-4-10-23-15/h1-7,10,14H,8-9,11-12H2. The van der Waals surface area contributed by atoms with Gasteiger partial charge in [0.2, 0.25) is 5.91 Å². The molecule has 0 spiro atoms. The molecule has 4 rings (SSSR count). The van der Waals surface area contributed by atoms with E-state index in [0.29, 0.717) is 37.0 Å². The third-order valence-electron chi connectivity index (χ3n) is 4.27. The van der Waals surface area contributed by atoms with Gasteiger partial charge in [0.05, 0.1) is 6.26 Å². The molecule has 6 nitrogen and oxygen atoms in total. The third kappa shape index (κ3) is 2.95. The van der Waals surface area contributed by atoms with Crippen LogP contribution in [0.3, 0.4) is 0 Å². The van der Waals surface area contributed by atoms with E-state index in [1.807, 2.05) is 23.1 Å². The zero-order valence-corrected chi connectivity index (χ0v) is 13.1. The number of hydrogen-bond donors (Lipinski definition) is 0. The summed E-state index contributed by atoms with van der Waals surface area (Å²) in [4.78, 5) is 18.5. The number of nitrogens with zero attached hydrogens (tertiary/aromatic N) is 3. The summed E-state index contributed by atoms with van der Waals surface area (Å²) in [6.07, 6.45) is 2.83. The lowest BCUT2D eigenvalue weighted by molar-refractivity contribution is -0.127. The van der Waals surface area contributed by atoms with Gasteiger partial charge in [0.15, 0.2) is 11.6 Å². The highest BCUT2D eigenvalue weighted by Gasteiger charge is 2.33. The van der Waals surface area contributed by atoms with Crippen LogP contribution < -0.4 is 0 Å². The minimum atomic E-state index is -0.0271. The van der Waals surface area contributed by atoms with Gasteiger partial charge in [-0.2, -0.15) is 4.98 Å². The van der Waals surface area contributed by atoms with Crippen molar-refractivity contribution < 1.29 is 13.7 Å². The van der Waals surface area contributed by atoms with Crippen LogP contribution in [0.15, 0.2) is 57.7 Å². The number of aromatic nitrogens is 2. The molecule has 1 aromatic carbocycles. The van der Waals surface area contributed by atoms with E-state index in [-0.39, 0.29) is 11.8 Å². The van der Waals surface area contributed by atoms with Crippen LogP contribution in [0.5, 0.6) is 0 Å². The molecule has 2 aromatic heterocycles. The van der Waals surface area contributed by atoms with Gasteiger partial charge in [-0.1, -0.05) is 35.5 Å². The fraction of sp³-hybridized carbons (Fsp3) is 0.278. The largest absolute Gasteiger partial charge is 0.459 e. The van der Waals surface area contributed by atoms with Gasteiger partial charge in [0, 0.05) is 25.4 Å². The van der Waals surface area contributed by atoms with Crippen molar-refractivity contribution in [3.63, 3.8) is 0 Å². The first kappa shape index (κ1) is 14.7. The number of rotatable bonds is 5. The maximum atomic E-state index is 12.2. The molecule has 1 amide bonds. The van der Waals surface area contributed by atoms with Crippen LogP contribution in [0.4, 0.5) is 0 Å². The van der Waals surface area contributed by atoms with Crippen molar-refractivity contribution in [2.75, 3.05) is 13.1 Å². The van der Waals surface area contributed by atoms with Crippen LogP contribution in [0, 0.1) is 0 Å². The van der Waals surface area contributed by atoms with E-state index in [2.05, 4.69) is 22.3 Å². The number of benzene rings is 1. The van der Waals surface area contributed by atoms with Gasteiger partial charge in [0.25, 0.3) is 5.89 Å². The first-order chi connectivity index (χ1) is 11.8. The van der Waals surface area contributed by atoms with Gasteiger partial charge in [-0.05, 0) is 24.1 Å². The Bertz CT molecular complexity index is 811. The second-order valence-corrected chi connectivity index (χ2v) is 5.91. The normalized spacial score (nSPS) is 17.6. The predicted octanol–water partition coefficient (Wildman–Crippen LogP) is 2.89. The SMILES string of the molecule is O=C1CC(c2noc(-c3ccco3)n2)CN1CCc1ccccc1. The van der Waals surface area contributed by atoms with E-state index in [0.717, 1.165) is 6.42 Å². The van der Waals surface area contributed by atoms with Crippen LogP contribution in [-0.4, -0.2) is 34.0 Å². The quantitative estimate of drug-likeness (QED) is 0.722. The predicted molar refractivity (Wildman–Crippen MR) is 86.1 cm³/mol. The Labute approximate surface area is 139 Å². The topological polar surface area (TPSA) is 72.4 Å². The van der Waals surface area contributed by atoms with E-state index in [1.165, 1.54) is 5.56 Å². The Hall–Kier alpha value is -2.89. The highest BCUT2D eigenvalue weighted by Crippen LogP contribution is 2.28. The van der Waals surface area contributed by atoms with Gasteiger partial charge in [0.1, 0.15) is 0 Å². The summed E-state index contributed by atoms with van der Waals surface area (Å²) in [6.45, 7) is 1.34. The molecule has 0 radical (unpaired) electrons. The summed E-state index contributed by atoms with van der Waals surface area (Å²) in [5, 5.41) is 4.02. The maximum Gasteiger partial charge on any atom is 0.293 e. The van der Waals surface area contributed by atoms with Crippen LogP contribution in [-0.2, 0) is 11.2 Å². The van der Waals surface area contributed by atoms with Crippen molar-refractivity contribution in [1.29, 1.82) is 0 Å². The Balaban J connectivity index is 1.40. The second kappa shape index (κ2) is 6.31. The molecule has 6 heteroatoms. The fourth-order valence-corrected chi connectivity index (χ4v) is 2.97. The smallest absolute Gasteiger partial charge is 0.293 e. The molecule has 1 aliphatic heterocycles. The molecule has 1 unspecified atom stereocenters. The zero-order valence-electron chi connectivity index (χ0n) is 13.1. The third-order valence-corrected chi connectivity index (χ3v) is 4.27. The number of furan rings is 1. The average Bonchev–Trinajstić information content (AvgIpc) is 3.34. The van der Waals surface area contributed by atoms with E-state index >= 15 is 0 Å². The molecule has 3 heterocycles. The molecule has 1 saturated heterocycles. The van der Waals surface area contributed by atoms with Crippen LogP contribution in [0.1, 0.15) is 23.7 Å². The van der Waals surface area contributed by atoms with Crippen molar-refractivity contribution in [1.82, 2.24) is 15.0 Å². The molecular weight excluding hydrogens is 306 g/mol. The summed E-state index contributed by atoms with van der Waals surface area (Å²) in [7, 11) is 0. The minimum Gasteiger partial charge on any atom is -0.459 e. The van der Waals surface area contributed by atoms with Crippen LogP contribution in [0.2, 0.25) is 0 Å². The molecule has 1 aliphatic rings. The molecule has 24 heavy (non-hydrogen) atoms. The van der Waals surface area contributed by atoms with Gasteiger partial charge in [-0.25, -0.2) is 0 Å². The number of hydrogen-bond acceptors (Lipinski definition) is 5. The van der Waals surface area contributed by atoms with E-state index < -0.39 is 0 Å². The monoisotopic (exact) mass is 323 g/mol. The van der Waals surface area contributed by atoms with Crippen LogP contribution in [0.25, 0.3) is 11.7 Å². The van der Waals surface area contributed by atoms with E-state index in [4.69, 9.17) is 8.94 Å². The Morgan fingerprint density at radius 1 is 1.17 bits per heavy atom. The summed E-state index contributed by atoms with van der Waals surface area (Å²) >= 11 is 0. The molecule has 1 fully saturated rings.